The molecule has 0 bridgehead atoms. The molecule has 1 atom stereocenters. The molecule has 3 N–H and O–H groups in total. The second-order valence-electron chi connectivity index (χ2n) is 5.39. The molecule has 1 saturated heterocycles. The molecule has 6 nitrogen and oxygen atoms in total. The molecule has 112 valence electrons. The molecule has 0 amide bonds. The Bertz CT molecular complexity index is 451. The number of ether oxygens (including phenoxy) is 1. The van der Waals surface area contributed by atoms with Gasteiger partial charge in [0, 0.05) is 38.1 Å². The third-order valence-electron chi connectivity index (χ3n) is 3.76. The summed E-state index contributed by atoms with van der Waals surface area (Å²) < 4.78 is 5.26. The van der Waals surface area contributed by atoms with E-state index >= 15 is 0 Å². The third kappa shape index (κ3) is 3.19. The Balaban J connectivity index is 2.24. The molecule has 1 aliphatic heterocycles. The highest BCUT2D eigenvalue weighted by molar-refractivity contribution is 5.58. The van der Waals surface area contributed by atoms with E-state index in [0.717, 1.165) is 62.0 Å². The zero-order chi connectivity index (χ0) is 14.5. The van der Waals surface area contributed by atoms with Crippen molar-refractivity contribution in [2.45, 2.75) is 33.1 Å². The summed E-state index contributed by atoms with van der Waals surface area (Å²) in [4.78, 5) is 11.5. The van der Waals surface area contributed by atoms with Crippen LogP contribution in [0.15, 0.2) is 0 Å². The van der Waals surface area contributed by atoms with Gasteiger partial charge in [-0.25, -0.2) is 15.8 Å². The summed E-state index contributed by atoms with van der Waals surface area (Å²) in [5.74, 6) is 8.76. The summed E-state index contributed by atoms with van der Waals surface area (Å²) in [5, 5.41) is 0. The van der Waals surface area contributed by atoms with Crippen molar-refractivity contribution < 1.29 is 4.74 Å². The molecule has 1 aromatic heterocycles. The van der Waals surface area contributed by atoms with E-state index in [2.05, 4.69) is 22.2 Å². The van der Waals surface area contributed by atoms with E-state index in [9.17, 15) is 0 Å². The molecule has 20 heavy (non-hydrogen) atoms. The lowest BCUT2D eigenvalue weighted by Gasteiger charge is -2.21. The van der Waals surface area contributed by atoms with Crippen molar-refractivity contribution in [1.29, 1.82) is 0 Å². The minimum Gasteiger partial charge on any atom is -0.384 e. The summed E-state index contributed by atoms with van der Waals surface area (Å²) in [6.45, 7) is 6.96. The lowest BCUT2D eigenvalue weighted by Crippen LogP contribution is -2.25. The van der Waals surface area contributed by atoms with E-state index in [1.807, 2.05) is 6.92 Å². The standard InChI is InChI=1S/C14H25N5O/c1-4-5-12-16-13(18-15)10(2)14(17-12)19-7-6-11(8-19)9-20-3/h11H,4-9,15H2,1-3H3,(H,16,17,18). The Morgan fingerprint density at radius 3 is 2.90 bits per heavy atom. The number of hydrogen-bond acceptors (Lipinski definition) is 6. The Kier molecular flexibility index (Phi) is 5.14. The zero-order valence-electron chi connectivity index (χ0n) is 12.6. The molecule has 1 aliphatic rings. The minimum absolute atomic E-state index is 0.582. The Morgan fingerprint density at radius 1 is 1.45 bits per heavy atom. The third-order valence-corrected chi connectivity index (χ3v) is 3.76. The highest BCUT2D eigenvalue weighted by atomic mass is 16.5. The van der Waals surface area contributed by atoms with Crippen LogP contribution in [0.1, 0.15) is 31.2 Å². The van der Waals surface area contributed by atoms with Gasteiger partial charge in [0.15, 0.2) is 0 Å². The van der Waals surface area contributed by atoms with E-state index < -0.39 is 0 Å². The minimum atomic E-state index is 0.582. The lowest BCUT2D eigenvalue weighted by atomic mass is 10.1. The molecular formula is C14H25N5O. The van der Waals surface area contributed by atoms with Crippen molar-refractivity contribution in [3.8, 4) is 0 Å². The normalized spacial score (nSPS) is 18.6. The molecule has 2 rings (SSSR count). The van der Waals surface area contributed by atoms with Crippen LogP contribution in [0.5, 0.6) is 0 Å². The Morgan fingerprint density at radius 2 is 2.25 bits per heavy atom. The maximum absolute atomic E-state index is 5.58. The molecule has 2 heterocycles. The second kappa shape index (κ2) is 6.85. The SMILES string of the molecule is CCCc1nc(NN)c(C)c(N2CCC(COC)C2)n1. The van der Waals surface area contributed by atoms with Gasteiger partial charge >= 0.3 is 0 Å². The quantitative estimate of drug-likeness (QED) is 0.607. The van der Waals surface area contributed by atoms with E-state index in [1.54, 1.807) is 7.11 Å². The number of methoxy groups -OCH3 is 1. The average molecular weight is 279 g/mol. The van der Waals surface area contributed by atoms with Gasteiger partial charge < -0.3 is 15.1 Å². The highest BCUT2D eigenvalue weighted by Gasteiger charge is 2.25. The molecule has 0 radical (unpaired) electrons. The first-order valence-corrected chi connectivity index (χ1v) is 7.27. The van der Waals surface area contributed by atoms with Gasteiger partial charge in [-0.05, 0) is 19.8 Å². The fourth-order valence-electron chi connectivity index (χ4n) is 2.73. The first-order chi connectivity index (χ1) is 9.69. The van der Waals surface area contributed by atoms with Gasteiger partial charge in [-0.1, -0.05) is 6.92 Å². The summed E-state index contributed by atoms with van der Waals surface area (Å²) in [5.41, 5.74) is 3.71. The largest absolute Gasteiger partial charge is 0.384 e. The topological polar surface area (TPSA) is 76.3 Å². The van der Waals surface area contributed by atoms with Gasteiger partial charge in [0.05, 0.1) is 6.61 Å². The van der Waals surface area contributed by atoms with Gasteiger partial charge in [0.2, 0.25) is 0 Å². The van der Waals surface area contributed by atoms with E-state index in [-0.39, 0.29) is 0 Å². The van der Waals surface area contributed by atoms with Gasteiger partial charge in [-0.3, -0.25) is 0 Å². The molecule has 6 heteroatoms. The fourth-order valence-corrected chi connectivity index (χ4v) is 2.73. The van der Waals surface area contributed by atoms with Crippen molar-refractivity contribution in [1.82, 2.24) is 9.97 Å². The number of aromatic nitrogens is 2. The van der Waals surface area contributed by atoms with Gasteiger partial charge in [-0.2, -0.15) is 0 Å². The van der Waals surface area contributed by atoms with Crippen LogP contribution < -0.4 is 16.2 Å². The number of nitrogens with zero attached hydrogens (tertiary/aromatic N) is 3. The van der Waals surface area contributed by atoms with Crippen LogP contribution in [0.4, 0.5) is 11.6 Å². The van der Waals surface area contributed by atoms with Crippen LogP contribution in [0.3, 0.4) is 0 Å². The van der Waals surface area contributed by atoms with Crippen molar-refractivity contribution in [3.63, 3.8) is 0 Å². The first-order valence-electron chi connectivity index (χ1n) is 7.27. The van der Waals surface area contributed by atoms with Crippen LogP contribution in [-0.2, 0) is 11.2 Å². The van der Waals surface area contributed by atoms with Crippen LogP contribution in [-0.4, -0.2) is 36.8 Å². The maximum atomic E-state index is 5.58. The summed E-state index contributed by atoms with van der Waals surface area (Å²) in [7, 11) is 1.76. The number of nitrogens with one attached hydrogen (secondary N) is 1. The molecule has 0 saturated carbocycles. The number of hydrazine groups is 1. The lowest BCUT2D eigenvalue weighted by molar-refractivity contribution is 0.161. The molecule has 0 aliphatic carbocycles. The number of nitrogen functional groups attached to an aromatic ring is 1. The van der Waals surface area contributed by atoms with Crippen LogP contribution in [0, 0.1) is 12.8 Å². The first kappa shape index (κ1) is 15.0. The van der Waals surface area contributed by atoms with E-state index in [1.165, 1.54) is 0 Å². The van der Waals surface area contributed by atoms with Gasteiger partial charge in [0.1, 0.15) is 17.5 Å². The summed E-state index contributed by atoms with van der Waals surface area (Å²) in [6.07, 6.45) is 3.04. The van der Waals surface area contributed by atoms with Crippen molar-refractivity contribution in [2.75, 3.05) is 37.1 Å². The van der Waals surface area contributed by atoms with Crippen molar-refractivity contribution >= 4 is 11.6 Å². The fraction of sp³-hybridized carbons (Fsp3) is 0.714. The maximum Gasteiger partial charge on any atom is 0.148 e. The molecule has 0 spiro atoms. The van der Waals surface area contributed by atoms with Crippen LogP contribution in [0.2, 0.25) is 0 Å². The molecule has 1 unspecified atom stereocenters. The summed E-state index contributed by atoms with van der Waals surface area (Å²) in [6, 6.07) is 0. The Hall–Kier alpha value is -1.40. The van der Waals surface area contributed by atoms with Crippen molar-refractivity contribution in [3.05, 3.63) is 11.4 Å². The number of aryl methyl sites for hydroxylation is 1. The Labute approximate surface area is 120 Å². The number of anilines is 2. The molecular weight excluding hydrogens is 254 g/mol. The smallest absolute Gasteiger partial charge is 0.148 e. The van der Waals surface area contributed by atoms with Gasteiger partial charge in [0.25, 0.3) is 0 Å². The number of rotatable bonds is 6. The van der Waals surface area contributed by atoms with Crippen LogP contribution >= 0.6 is 0 Å². The van der Waals surface area contributed by atoms with Crippen molar-refractivity contribution in [2.24, 2.45) is 11.8 Å². The van der Waals surface area contributed by atoms with E-state index in [0.29, 0.717) is 5.92 Å². The number of nitrogens with two attached hydrogens (primary N) is 1. The predicted octanol–water partition coefficient (Wildman–Crippen LogP) is 1.50. The average Bonchev–Trinajstić information content (AvgIpc) is 2.89. The highest BCUT2D eigenvalue weighted by Crippen LogP contribution is 2.28. The second-order valence-corrected chi connectivity index (χ2v) is 5.39. The summed E-state index contributed by atoms with van der Waals surface area (Å²) >= 11 is 0. The molecule has 0 aromatic carbocycles. The van der Waals surface area contributed by atoms with Gasteiger partial charge in [-0.15, -0.1) is 0 Å². The monoisotopic (exact) mass is 279 g/mol. The molecule has 1 aromatic rings. The predicted molar refractivity (Wildman–Crippen MR) is 80.8 cm³/mol. The zero-order valence-corrected chi connectivity index (χ0v) is 12.6. The van der Waals surface area contributed by atoms with E-state index in [4.69, 9.17) is 15.6 Å². The number of hydrogen-bond donors (Lipinski definition) is 2. The molecule has 1 fully saturated rings. The van der Waals surface area contributed by atoms with Crippen LogP contribution in [0.25, 0.3) is 0 Å².